The lowest BCUT2D eigenvalue weighted by molar-refractivity contribution is -0.140. The highest BCUT2D eigenvalue weighted by Gasteiger charge is 2.45. The van der Waals surface area contributed by atoms with Gasteiger partial charge in [-0.25, -0.2) is 9.79 Å². The van der Waals surface area contributed by atoms with E-state index in [1.807, 2.05) is 42.5 Å². The zero-order chi connectivity index (χ0) is 31.2. The van der Waals surface area contributed by atoms with Crippen LogP contribution in [-0.2, 0) is 9.53 Å². The van der Waals surface area contributed by atoms with Crippen molar-refractivity contribution in [1.82, 2.24) is 9.55 Å². The van der Waals surface area contributed by atoms with Gasteiger partial charge in [-0.05, 0) is 42.3 Å². The molecule has 0 spiro atoms. The van der Waals surface area contributed by atoms with Crippen LogP contribution in [0.1, 0.15) is 24.1 Å². The molecule has 1 aliphatic heterocycles. The quantitative estimate of drug-likeness (QED) is 0.226. The van der Waals surface area contributed by atoms with Crippen molar-refractivity contribution in [2.24, 2.45) is 4.99 Å². The molecule has 12 heteroatoms. The second kappa shape index (κ2) is 11.5. The summed E-state index contributed by atoms with van der Waals surface area (Å²) in [5.74, 6) is -0.634. The molecule has 0 radical (unpaired) electrons. The Morgan fingerprint density at radius 3 is 2.48 bits per heavy atom. The molecule has 2 aromatic heterocycles. The number of esters is 1. The Morgan fingerprint density at radius 2 is 1.82 bits per heavy atom. The molecule has 44 heavy (non-hydrogen) atoms. The molecule has 0 fully saturated rings. The van der Waals surface area contributed by atoms with Crippen LogP contribution >= 0.6 is 22.9 Å². The Labute approximate surface area is 257 Å². The van der Waals surface area contributed by atoms with Crippen molar-refractivity contribution in [2.75, 3.05) is 13.7 Å². The molecule has 0 saturated heterocycles. The van der Waals surface area contributed by atoms with Gasteiger partial charge in [0.1, 0.15) is 5.75 Å². The number of rotatable bonds is 6. The van der Waals surface area contributed by atoms with E-state index in [0.29, 0.717) is 27.5 Å². The van der Waals surface area contributed by atoms with Gasteiger partial charge >= 0.3 is 12.1 Å². The number of methoxy groups -OCH3 is 1. The van der Waals surface area contributed by atoms with Crippen LogP contribution in [0.15, 0.2) is 93.9 Å². The lowest BCUT2D eigenvalue weighted by Gasteiger charge is -2.26. The fourth-order valence-corrected chi connectivity index (χ4v) is 6.40. The summed E-state index contributed by atoms with van der Waals surface area (Å²) in [6.45, 7) is 1.32. The molecule has 0 saturated carbocycles. The summed E-state index contributed by atoms with van der Waals surface area (Å²) in [6.07, 6.45) is -3.37. The summed E-state index contributed by atoms with van der Waals surface area (Å²) in [7, 11) is 1.55. The van der Waals surface area contributed by atoms with E-state index in [-0.39, 0.29) is 21.5 Å². The highest BCUT2D eigenvalue weighted by molar-refractivity contribution is 7.07. The second-order valence-electron chi connectivity index (χ2n) is 9.78. The number of carbonyl (C=O) groups excluding carboxylic acids is 1. The van der Waals surface area contributed by atoms with Crippen molar-refractivity contribution in [2.45, 2.75) is 19.1 Å². The molecule has 224 valence electrons. The number of nitrogens with zero attached hydrogens (tertiary/aromatic N) is 2. The SMILES string of the molecule is CCOC(=O)C1=C(C(F)(F)F)N=c2s/c(=C\c3c(-c4ccccc4)[nH]c4c(OC)cccc34)c(=O)n2[C@@H]1c1ccc(Cl)cc1. The van der Waals surface area contributed by atoms with Crippen molar-refractivity contribution >= 4 is 45.9 Å². The smallest absolute Gasteiger partial charge is 0.434 e. The Kier molecular flexibility index (Phi) is 7.68. The highest BCUT2D eigenvalue weighted by Crippen LogP contribution is 2.39. The summed E-state index contributed by atoms with van der Waals surface area (Å²) in [5, 5.41) is 1.08. The molecule has 1 N–H and O–H groups in total. The van der Waals surface area contributed by atoms with E-state index in [2.05, 4.69) is 9.98 Å². The van der Waals surface area contributed by atoms with Gasteiger partial charge in [-0.1, -0.05) is 77.5 Å². The fourth-order valence-electron chi connectivity index (χ4n) is 5.30. The molecule has 1 atom stereocenters. The van der Waals surface area contributed by atoms with E-state index in [1.165, 1.54) is 31.2 Å². The lowest BCUT2D eigenvalue weighted by Crippen LogP contribution is -2.41. The maximum atomic E-state index is 14.5. The van der Waals surface area contributed by atoms with Gasteiger partial charge in [-0.2, -0.15) is 13.2 Å². The van der Waals surface area contributed by atoms with E-state index >= 15 is 0 Å². The molecular formula is C32H23ClF3N3O4S. The van der Waals surface area contributed by atoms with Crippen LogP contribution in [0, 0.1) is 0 Å². The van der Waals surface area contributed by atoms with Crippen LogP contribution in [0.4, 0.5) is 13.2 Å². The normalized spacial score (nSPS) is 15.3. The average Bonchev–Trinajstić information content (AvgIpc) is 3.54. The number of allylic oxidation sites excluding steroid dienone is 1. The topological polar surface area (TPSA) is 85.7 Å². The minimum atomic E-state index is -5.00. The van der Waals surface area contributed by atoms with Gasteiger partial charge in [0.05, 0.1) is 41.1 Å². The van der Waals surface area contributed by atoms with Gasteiger partial charge in [0.2, 0.25) is 0 Å². The first kappa shape index (κ1) is 29.5. The maximum Gasteiger partial charge on any atom is 0.434 e. The summed E-state index contributed by atoms with van der Waals surface area (Å²) in [5.41, 5.74) is 0.278. The average molecular weight is 638 g/mol. The van der Waals surface area contributed by atoms with Gasteiger partial charge in [-0.3, -0.25) is 9.36 Å². The molecule has 1 aliphatic rings. The van der Waals surface area contributed by atoms with Crippen LogP contribution in [0.25, 0.3) is 28.2 Å². The number of benzene rings is 3. The largest absolute Gasteiger partial charge is 0.495 e. The van der Waals surface area contributed by atoms with Gasteiger partial charge in [0.15, 0.2) is 10.5 Å². The summed E-state index contributed by atoms with van der Waals surface area (Å²) >= 11 is 6.87. The number of para-hydroxylation sites is 1. The van der Waals surface area contributed by atoms with Crippen LogP contribution < -0.4 is 19.6 Å². The first-order chi connectivity index (χ1) is 21.1. The number of aromatic amines is 1. The Bertz CT molecular complexity index is 2110. The highest BCUT2D eigenvalue weighted by atomic mass is 35.5. The number of hydrogen-bond donors (Lipinski definition) is 1. The first-order valence-corrected chi connectivity index (χ1v) is 14.6. The lowest BCUT2D eigenvalue weighted by atomic mass is 9.95. The second-order valence-corrected chi connectivity index (χ2v) is 11.2. The van der Waals surface area contributed by atoms with Crippen molar-refractivity contribution in [3.05, 3.63) is 120 Å². The number of aromatic nitrogens is 2. The van der Waals surface area contributed by atoms with Gasteiger partial charge in [0.25, 0.3) is 5.56 Å². The molecular weight excluding hydrogens is 615 g/mol. The summed E-state index contributed by atoms with van der Waals surface area (Å²) < 4.78 is 55.2. The maximum absolute atomic E-state index is 14.5. The van der Waals surface area contributed by atoms with Crippen LogP contribution in [0.2, 0.25) is 5.02 Å². The predicted molar refractivity (Wildman–Crippen MR) is 163 cm³/mol. The molecule has 0 aliphatic carbocycles. The third kappa shape index (κ3) is 5.11. The van der Waals surface area contributed by atoms with Crippen LogP contribution in [0.3, 0.4) is 0 Å². The van der Waals surface area contributed by atoms with Crippen molar-refractivity contribution < 1.29 is 27.4 Å². The number of ether oxygens (including phenoxy) is 2. The minimum absolute atomic E-state index is 0.121. The van der Waals surface area contributed by atoms with E-state index in [9.17, 15) is 22.8 Å². The van der Waals surface area contributed by atoms with Crippen molar-refractivity contribution in [1.29, 1.82) is 0 Å². The van der Waals surface area contributed by atoms with E-state index in [0.717, 1.165) is 26.9 Å². The number of halogens is 4. The van der Waals surface area contributed by atoms with E-state index in [1.54, 1.807) is 19.3 Å². The Hall–Kier alpha value is -4.61. The van der Waals surface area contributed by atoms with Gasteiger partial charge in [-0.15, -0.1) is 0 Å². The Balaban J connectivity index is 1.67. The third-order valence-electron chi connectivity index (χ3n) is 7.17. The Morgan fingerprint density at radius 1 is 1.09 bits per heavy atom. The van der Waals surface area contributed by atoms with Crippen molar-refractivity contribution in [3.8, 4) is 17.0 Å². The summed E-state index contributed by atoms with van der Waals surface area (Å²) in [6, 6.07) is 19.3. The molecule has 6 rings (SSSR count). The number of thiazole rings is 1. The molecule has 5 aromatic rings. The first-order valence-electron chi connectivity index (χ1n) is 13.4. The standard InChI is InChI=1S/C32H23ClF3N3O4S/c1-3-43-30(41)24-27(18-12-14-19(33)15-13-18)39-29(40)23(44-31(39)38-28(24)32(34,35)36)16-21-20-10-7-11-22(42-2)26(20)37-25(21)17-8-5-4-6-9-17/h4-16,27,37H,3H2,1-2H3/b23-16-/t27-/m1/s1. The number of nitrogens with one attached hydrogen (secondary N) is 1. The van der Waals surface area contributed by atoms with Crippen LogP contribution in [0.5, 0.6) is 5.75 Å². The fraction of sp³-hybridized carbons (Fsp3) is 0.156. The van der Waals surface area contributed by atoms with E-state index in [4.69, 9.17) is 21.1 Å². The number of carbonyl (C=O) groups is 1. The van der Waals surface area contributed by atoms with Gasteiger partial charge < -0.3 is 14.5 Å². The minimum Gasteiger partial charge on any atom is -0.495 e. The van der Waals surface area contributed by atoms with E-state index < -0.39 is 35.0 Å². The van der Waals surface area contributed by atoms with Crippen LogP contribution in [-0.4, -0.2) is 35.4 Å². The number of H-pyrrole nitrogens is 1. The molecule has 0 unspecified atom stereocenters. The zero-order valence-corrected chi connectivity index (χ0v) is 24.8. The third-order valence-corrected chi connectivity index (χ3v) is 8.41. The number of alkyl halides is 3. The monoisotopic (exact) mass is 637 g/mol. The number of fused-ring (bicyclic) bond motifs is 2. The molecule has 3 heterocycles. The van der Waals surface area contributed by atoms with Gasteiger partial charge in [0, 0.05) is 16.0 Å². The summed E-state index contributed by atoms with van der Waals surface area (Å²) in [4.78, 5) is 34.3. The molecule has 7 nitrogen and oxygen atoms in total. The number of hydrogen-bond acceptors (Lipinski definition) is 6. The molecule has 3 aromatic carbocycles. The van der Waals surface area contributed by atoms with Crippen molar-refractivity contribution in [3.63, 3.8) is 0 Å². The predicted octanol–water partition coefficient (Wildman–Crippen LogP) is 6.15. The molecule has 0 bridgehead atoms. The zero-order valence-electron chi connectivity index (χ0n) is 23.2. The molecule has 0 amide bonds.